The van der Waals surface area contributed by atoms with Crippen molar-refractivity contribution in [2.75, 3.05) is 11.9 Å². The standard InChI is InChI=1S/C16H20N2/c1-4-8-17-16-7-5-6-15(18-16)14-10-12(2)9-13(3)11-14/h5-7,9-11H,4,8H2,1-3H3,(H,17,18). The molecular weight excluding hydrogens is 220 g/mol. The largest absolute Gasteiger partial charge is 0.370 e. The predicted molar refractivity (Wildman–Crippen MR) is 77.9 cm³/mol. The zero-order valence-electron chi connectivity index (χ0n) is 11.3. The molecule has 0 spiro atoms. The second kappa shape index (κ2) is 5.67. The molecule has 0 saturated carbocycles. The molecule has 2 aromatic rings. The zero-order chi connectivity index (χ0) is 13.0. The van der Waals surface area contributed by atoms with Crippen LogP contribution in [0, 0.1) is 13.8 Å². The van der Waals surface area contributed by atoms with Crippen LogP contribution in [-0.4, -0.2) is 11.5 Å². The first-order valence-electron chi connectivity index (χ1n) is 6.48. The number of aryl methyl sites for hydroxylation is 2. The van der Waals surface area contributed by atoms with Crippen LogP contribution in [0.5, 0.6) is 0 Å². The monoisotopic (exact) mass is 240 g/mol. The van der Waals surface area contributed by atoms with Crippen molar-refractivity contribution in [1.29, 1.82) is 0 Å². The maximum atomic E-state index is 4.65. The first-order valence-corrected chi connectivity index (χ1v) is 6.48. The first-order chi connectivity index (χ1) is 8.69. The molecule has 0 aliphatic heterocycles. The highest BCUT2D eigenvalue weighted by Crippen LogP contribution is 2.21. The van der Waals surface area contributed by atoms with Crippen molar-refractivity contribution >= 4 is 5.82 Å². The molecule has 2 heteroatoms. The lowest BCUT2D eigenvalue weighted by atomic mass is 10.0. The molecule has 0 fully saturated rings. The Kier molecular flexibility index (Phi) is 3.98. The minimum Gasteiger partial charge on any atom is -0.370 e. The predicted octanol–water partition coefficient (Wildman–Crippen LogP) is 4.19. The zero-order valence-corrected chi connectivity index (χ0v) is 11.3. The van der Waals surface area contributed by atoms with E-state index in [1.165, 1.54) is 16.7 Å². The van der Waals surface area contributed by atoms with Crippen molar-refractivity contribution in [1.82, 2.24) is 4.98 Å². The minimum absolute atomic E-state index is 0.952. The van der Waals surface area contributed by atoms with E-state index in [0.29, 0.717) is 0 Å². The Bertz CT molecular complexity index is 512. The van der Waals surface area contributed by atoms with Gasteiger partial charge in [0.15, 0.2) is 0 Å². The van der Waals surface area contributed by atoms with Crippen LogP contribution >= 0.6 is 0 Å². The first kappa shape index (κ1) is 12.6. The minimum atomic E-state index is 0.952. The molecular formula is C16H20N2. The van der Waals surface area contributed by atoms with Crippen LogP contribution in [0.2, 0.25) is 0 Å². The van der Waals surface area contributed by atoms with Gasteiger partial charge < -0.3 is 5.32 Å². The molecule has 2 rings (SSSR count). The van der Waals surface area contributed by atoms with Gasteiger partial charge in [-0.3, -0.25) is 0 Å². The van der Waals surface area contributed by atoms with E-state index in [4.69, 9.17) is 0 Å². The molecule has 0 radical (unpaired) electrons. The van der Waals surface area contributed by atoms with Gasteiger partial charge in [-0.25, -0.2) is 4.98 Å². The van der Waals surface area contributed by atoms with E-state index >= 15 is 0 Å². The van der Waals surface area contributed by atoms with Gasteiger partial charge in [0.2, 0.25) is 0 Å². The Morgan fingerprint density at radius 1 is 1.06 bits per heavy atom. The van der Waals surface area contributed by atoms with Crippen LogP contribution in [0.15, 0.2) is 36.4 Å². The molecule has 0 aliphatic rings. The maximum absolute atomic E-state index is 4.65. The third-order valence-corrected chi connectivity index (χ3v) is 2.82. The Morgan fingerprint density at radius 3 is 2.44 bits per heavy atom. The van der Waals surface area contributed by atoms with E-state index in [1.807, 2.05) is 6.07 Å². The summed E-state index contributed by atoms with van der Waals surface area (Å²) in [5, 5.41) is 3.32. The van der Waals surface area contributed by atoms with E-state index in [0.717, 1.165) is 24.5 Å². The van der Waals surface area contributed by atoms with Crippen molar-refractivity contribution < 1.29 is 0 Å². The van der Waals surface area contributed by atoms with Crippen LogP contribution in [0.1, 0.15) is 24.5 Å². The molecule has 0 amide bonds. The Labute approximate surface area is 109 Å². The number of hydrogen-bond acceptors (Lipinski definition) is 2. The quantitative estimate of drug-likeness (QED) is 0.866. The Hall–Kier alpha value is -1.83. The topological polar surface area (TPSA) is 24.9 Å². The molecule has 94 valence electrons. The second-order valence-corrected chi connectivity index (χ2v) is 4.71. The molecule has 18 heavy (non-hydrogen) atoms. The van der Waals surface area contributed by atoms with Gasteiger partial charge in [-0.05, 0) is 44.5 Å². The van der Waals surface area contributed by atoms with Gasteiger partial charge in [-0.1, -0.05) is 30.2 Å². The number of nitrogens with one attached hydrogen (secondary N) is 1. The SMILES string of the molecule is CCCNc1cccc(-c2cc(C)cc(C)c2)n1. The molecule has 0 aliphatic carbocycles. The van der Waals surface area contributed by atoms with E-state index in [1.54, 1.807) is 0 Å². The number of pyridine rings is 1. The maximum Gasteiger partial charge on any atom is 0.126 e. The highest BCUT2D eigenvalue weighted by Gasteiger charge is 2.02. The summed E-state index contributed by atoms with van der Waals surface area (Å²) < 4.78 is 0. The van der Waals surface area contributed by atoms with Gasteiger partial charge in [-0.15, -0.1) is 0 Å². The lowest BCUT2D eigenvalue weighted by molar-refractivity contribution is 0.970. The summed E-state index contributed by atoms with van der Waals surface area (Å²) >= 11 is 0. The summed E-state index contributed by atoms with van der Waals surface area (Å²) in [7, 11) is 0. The molecule has 0 unspecified atom stereocenters. The number of rotatable bonds is 4. The molecule has 0 bridgehead atoms. The molecule has 1 heterocycles. The fourth-order valence-electron chi connectivity index (χ4n) is 2.07. The summed E-state index contributed by atoms with van der Waals surface area (Å²) in [5.74, 6) is 0.952. The number of nitrogens with zero attached hydrogens (tertiary/aromatic N) is 1. The Balaban J connectivity index is 2.32. The van der Waals surface area contributed by atoms with E-state index in [2.05, 4.69) is 61.4 Å². The fraction of sp³-hybridized carbons (Fsp3) is 0.312. The van der Waals surface area contributed by atoms with Gasteiger partial charge >= 0.3 is 0 Å². The normalized spacial score (nSPS) is 10.4. The van der Waals surface area contributed by atoms with E-state index in [-0.39, 0.29) is 0 Å². The number of anilines is 1. The summed E-state index contributed by atoms with van der Waals surface area (Å²) in [6, 6.07) is 12.7. The average Bonchev–Trinajstić information content (AvgIpc) is 2.35. The molecule has 1 N–H and O–H groups in total. The van der Waals surface area contributed by atoms with Crippen molar-refractivity contribution in [3.63, 3.8) is 0 Å². The fourth-order valence-corrected chi connectivity index (χ4v) is 2.07. The number of aromatic nitrogens is 1. The van der Waals surface area contributed by atoms with Gasteiger partial charge in [-0.2, -0.15) is 0 Å². The van der Waals surface area contributed by atoms with Crippen LogP contribution in [0.25, 0.3) is 11.3 Å². The molecule has 0 saturated heterocycles. The summed E-state index contributed by atoms with van der Waals surface area (Å²) in [5.41, 5.74) is 4.77. The third kappa shape index (κ3) is 3.10. The van der Waals surface area contributed by atoms with Crippen LogP contribution < -0.4 is 5.32 Å². The van der Waals surface area contributed by atoms with Crippen molar-refractivity contribution in [2.45, 2.75) is 27.2 Å². The summed E-state index contributed by atoms with van der Waals surface area (Å²) in [6.45, 7) is 7.36. The van der Waals surface area contributed by atoms with E-state index in [9.17, 15) is 0 Å². The third-order valence-electron chi connectivity index (χ3n) is 2.82. The van der Waals surface area contributed by atoms with Gasteiger partial charge in [0, 0.05) is 12.1 Å². The van der Waals surface area contributed by atoms with Crippen LogP contribution in [-0.2, 0) is 0 Å². The Morgan fingerprint density at radius 2 is 1.78 bits per heavy atom. The molecule has 2 nitrogen and oxygen atoms in total. The van der Waals surface area contributed by atoms with Crippen molar-refractivity contribution in [3.05, 3.63) is 47.5 Å². The molecule has 0 atom stereocenters. The molecule has 1 aromatic heterocycles. The summed E-state index contributed by atoms with van der Waals surface area (Å²) in [6.07, 6.45) is 1.11. The van der Waals surface area contributed by atoms with Crippen molar-refractivity contribution in [3.8, 4) is 11.3 Å². The van der Waals surface area contributed by atoms with Gasteiger partial charge in [0.25, 0.3) is 0 Å². The molecule has 1 aromatic carbocycles. The lowest BCUT2D eigenvalue weighted by Crippen LogP contribution is -2.02. The lowest BCUT2D eigenvalue weighted by Gasteiger charge is -2.08. The van der Waals surface area contributed by atoms with Crippen LogP contribution in [0.4, 0.5) is 5.82 Å². The van der Waals surface area contributed by atoms with Gasteiger partial charge in [0.1, 0.15) is 5.82 Å². The van der Waals surface area contributed by atoms with E-state index < -0.39 is 0 Å². The highest BCUT2D eigenvalue weighted by atomic mass is 15.0. The second-order valence-electron chi connectivity index (χ2n) is 4.71. The number of benzene rings is 1. The van der Waals surface area contributed by atoms with Crippen molar-refractivity contribution in [2.24, 2.45) is 0 Å². The smallest absolute Gasteiger partial charge is 0.126 e. The average molecular weight is 240 g/mol. The van der Waals surface area contributed by atoms with Crippen LogP contribution in [0.3, 0.4) is 0 Å². The summed E-state index contributed by atoms with van der Waals surface area (Å²) in [4.78, 5) is 4.65. The van der Waals surface area contributed by atoms with Gasteiger partial charge in [0.05, 0.1) is 5.69 Å². The highest BCUT2D eigenvalue weighted by molar-refractivity contribution is 5.63. The number of hydrogen-bond donors (Lipinski definition) is 1.